The minimum absolute atomic E-state index is 0.00972. The summed E-state index contributed by atoms with van der Waals surface area (Å²) < 4.78 is 0. The number of benzene rings is 1. The molecule has 2 rings (SSSR count). The van der Waals surface area contributed by atoms with E-state index in [4.69, 9.17) is 10.5 Å². The van der Waals surface area contributed by atoms with E-state index in [1.165, 1.54) is 0 Å². The minimum atomic E-state index is 0.00972. The van der Waals surface area contributed by atoms with E-state index >= 15 is 0 Å². The van der Waals surface area contributed by atoms with E-state index in [-0.39, 0.29) is 6.04 Å². The normalized spacial score (nSPS) is 20.5. The van der Waals surface area contributed by atoms with Crippen LogP contribution in [0.3, 0.4) is 0 Å². The first-order valence-corrected chi connectivity index (χ1v) is 5.97. The topological polar surface area (TPSA) is 50.8 Å². The van der Waals surface area contributed by atoms with Crippen LogP contribution in [-0.4, -0.2) is 17.5 Å². The summed E-state index contributed by atoms with van der Waals surface area (Å²) in [6.45, 7) is 1.67. The summed E-state index contributed by atoms with van der Waals surface area (Å²) in [5, 5.41) is 18.1. The van der Waals surface area contributed by atoms with Crippen LogP contribution in [0.15, 0.2) is 24.3 Å². The van der Waals surface area contributed by atoms with E-state index < -0.39 is 0 Å². The molecule has 0 saturated carbocycles. The van der Waals surface area contributed by atoms with E-state index in [0.717, 1.165) is 36.9 Å². The Morgan fingerprint density at radius 3 is 2.82 bits per heavy atom. The van der Waals surface area contributed by atoms with Crippen molar-refractivity contribution in [3.8, 4) is 12.1 Å². The highest BCUT2D eigenvalue weighted by atomic mass is 15.2. The first-order valence-electron chi connectivity index (χ1n) is 5.97. The molecule has 3 heteroatoms. The molecule has 1 saturated heterocycles. The van der Waals surface area contributed by atoms with Crippen molar-refractivity contribution in [1.29, 1.82) is 10.5 Å². The smallest absolute Gasteiger partial charge is 0.0995 e. The van der Waals surface area contributed by atoms with Gasteiger partial charge in [0.25, 0.3) is 0 Å². The van der Waals surface area contributed by atoms with Gasteiger partial charge < -0.3 is 0 Å². The second-order valence-electron chi connectivity index (χ2n) is 4.38. The number of piperidine rings is 1. The molecule has 0 N–H and O–H groups in total. The van der Waals surface area contributed by atoms with Crippen molar-refractivity contribution in [2.24, 2.45) is 0 Å². The van der Waals surface area contributed by atoms with Crippen LogP contribution in [0, 0.1) is 22.7 Å². The van der Waals surface area contributed by atoms with E-state index in [0.29, 0.717) is 6.54 Å². The van der Waals surface area contributed by atoms with Gasteiger partial charge in [0.1, 0.15) is 0 Å². The monoisotopic (exact) mass is 225 g/mol. The molecule has 0 spiro atoms. The Bertz CT molecular complexity index is 467. The summed E-state index contributed by atoms with van der Waals surface area (Å²) >= 11 is 0. The molecular formula is C14H15N3. The maximum Gasteiger partial charge on any atom is 0.0995 e. The Labute approximate surface area is 102 Å². The first-order chi connectivity index (χ1) is 8.35. The van der Waals surface area contributed by atoms with Crippen LogP contribution in [-0.2, 0) is 6.54 Å². The van der Waals surface area contributed by atoms with Crippen molar-refractivity contribution in [3.63, 3.8) is 0 Å². The highest BCUT2D eigenvalue weighted by Gasteiger charge is 2.22. The second kappa shape index (κ2) is 5.48. The van der Waals surface area contributed by atoms with E-state index in [1.54, 1.807) is 0 Å². The standard InChI is InChI=1S/C14H15N3/c15-9-12-5-1-2-6-13(12)11-17-8-4-3-7-14(17)10-16/h1-2,5-6,14H,3-4,7-8,11H2. The van der Waals surface area contributed by atoms with E-state index in [1.807, 2.05) is 24.3 Å². The fourth-order valence-corrected chi connectivity index (χ4v) is 2.31. The Morgan fingerprint density at radius 2 is 2.06 bits per heavy atom. The molecule has 1 unspecified atom stereocenters. The number of rotatable bonds is 2. The van der Waals surface area contributed by atoms with Crippen LogP contribution in [0.1, 0.15) is 30.4 Å². The third-order valence-electron chi connectivity index (χ3n) is 3.27. The van der Waals surface area contributed by atoms with Crippen LogP contribution in [0.5, 0.6) is 0 Å². The number of nitrogens with zero attached hydrogens (tertiary/aromatic N) is 3. The summed E-state index contributed by atoms with van der Waals surface area (Å²) in [7, 11) is 0. The molecule has 1 aromatic rings. The Hall–Kier alpha value is -1.84. The maximum atomic E-state index is 9.11. The van der Waals surface area contributed by atoms with Crippen LogP contribution >= 0.6 is 0 Å². The van der Waals surface area contributed by atoms with Crippen molar-refractivity contribution < 1.29 is 0 Å². The largest absolute Gasteiger partial charge is 0.284 e. The lowest BCUT2D eigenvalue weighted by Crippen LogP contribution is -2.38. The van der Waals surface area contributed by atoms with Gasteiger partial charge in [-0.3, -0.25) is 4.90 Å². The molecule has 1 aliphatic rings. The van der Waals surface area contributed by atoms with Crippen LogP contribution in [0.2, 0.25) is 0 Å². The predicted molar refractivity (Wildman–Crippen MR) is 64.8 cm³/mol. The fraction of sp³-hybridized carbons (Fsp3) is 0.429. The lowest BCUT2D eigenvalue weighted by Gasteiger charge is -2.31. The van der Waals surface area contributed by atoms with Gasteiger partial charge in [-0.2, -0.15) is 10.5 Å². The van der Waals surface area contributed by atoms with Crippen LogP contribution < -0.4 is 0 Å². The molecule has 17 heavy (non-hydrogen) atoms. The lowest BCUT2D eigenvalue weighted by atomic mass is 10.0. The average Bonchev–Trinajstić information content (AvgIpc) is 2.40. The molecule has 0 aliphatic carbocycles. The number of likely N-dealkylation sites (tertiary alicyclic amines) is 1. The molecule has 0 radical (unpaired) electrons. The van der Waals surface area contributed by atoms with Gasteiger partial charge in [-0.25, -0.2) is 0 Å². The van der Waals surface area contributed by atoms with Gasteiger partial charge in [-0.15, -0.1) is 0 Å². The van der Waals surface area contributed by atoms with Gasteiger partial charge in [0.05, 0.1) is 23.7 Å². The van der Waals surface area contributed by atoms with Crippen LogP contribution in [0.4, 0.5) is 0 Å². The van der Waals surface area contributed by atoms with Gasteiger partial charge in [0.15, 0.2) is 0 Å². The summed E-state index contributed by atoms with van der Waals surface area (Å²) in [6.07, 6.45) is 3.23. The van der Waals surface area contributed by atoms with Gasteiger partial charge in [-0.05, 0) is 37.4 Å². The second-order valence-corrected chi connectivity index (χ2v) is 4.38. The van der Waals surface area contributed by atoms with Crippen LogP contribution in [0.25, 0.3) is 0 Å². The average molecular weight is 225 g/mol. The molecule has 1 fully saturated rings. The third kappa shape index (κ3) is 2.64. The zero-order valence-corrected chi connectivity index (χ0v) is 9.76. The van der Waals surface area contributed by atoms with E-state index in [9.17, 15) is 0 Å². The first kappa shape index (κ1) is 11.6. The maximum absolute atomic E-state index is 9.11. The molecule has 86 valence electrons. The zero-order valence-electron chi connectivity index (χ0n) is 9.76. The Morgan fingerprint density at radius 1 is 1.24 bits per heavy atom. The molecule has 1 atom stereocenters. The molecular weight excluding hydrogens is 210 g/mol. The number of hydrogen-bond acceptors (Lipinski definition) is 3. The molecule has 1 aromatic carbocycles. The Kier molecular flexibility index (Phi) is 3.75. The zero-order chi connectivity index (χ0) is 12.1. The molecule has 1 aliphatic heterocycles. The third-order valence-corrected chi connectivity index (χ3v) is 3.27. The summed E-state index contributed by atoms with van der Waals surface area (Å²) in [4.78, 5) is 2.18. The van der Waals surface area contributed by atoms with Crippen molar-refractivity contribution in [2.45, 2.75) is 31.8 Å². The molecule has 1 heterocycles. The quantitative estimate of drug-likeness (QED) is 0.776. The predicted octanol–water partition coefficient (Wildman–Crippen LogP) is 2.44. The number of hydrogen-bond donors (Lipinski definition) is 0. The lowest BCUT2D eigenvalue weighted by molar-refractivity contribution is 0.176. The Balaban J connectivity index is 2.15. The SMILES string of the molecule is N#Cc1ccccc1CN1CCCCC1C#N. The molecule has 0 aromatic heterocycles. The highest BCUT2D eigenvalue weighted by molar-refractivity contribution is 5.37. The van der Waals surface area contributed by atoms with E-state index in [2.05, 4.69) is 17.0 Å². The van der Waals surface area contributed by atoms with Gasteiger partial charge in [0.2, 0.25) is 0 Å². The fourth-order valence-electron chi connectivity index (χ4n) is 2.31. The summed E-state index contributed by atoms with van der Waals surface area (Å²) in [6, 6.07) is 12.2. The molecule has 3 nitrogen and oxygen atoms in total. The van der Waals surface area contributed by atoms with Gasteiger partial charge >= 0.3 is 0 Å². The summed E-state index contributed by atoms with van der Waals surface area (Å²) in [5.41, 5.74) is 1.74. The van der Waals surface area contributed by atoms with Crippen molar-refractivity contribution in [1.82, 2.24) is 4.90 Å². The molecule has 0 amide bonds. The van der Waals surface area contributed by atoms with Crippen molar-refractivity contribution in [2.75, 3.05) is 6.54 Å². The van der Waals surface area contributed by atoms with Gasteiger partial charge in [0, 0.05) is 6.54 Å². The highest BCUT2D eigenvalue weighted by Crippen LogP contribution is 2.20. The van der Waals surface area contributed by atoms with Crippen molar-refractivity contribution in [3.05, 3.63) is 35.4 Å². The minimum Gasteiger partial charge on any atom is -0.284 e. The molecule has 0 bridgehead atoms. The summed E-state index contributed by atoms with van der Waals surface area (Å²) in [5.74, 6) is 0. The van der Waals surface area contributed by atoms with Gasteiger partial charge in [-0.1, -0.05) is 18.2 Å². The van der Waals surface area contributed by atoms with Crippen molar-refractivity contribution >= 4 is 0 Å². The number of nitriles is 2.